The molecule has 36 heavy (non-hydrogen) atoms. The Morgan fingerprint density at radius 2 is 1.56 bits per heavy atom. The summed E-state index contributed by atoms with van der Waals surface area (Å²) < 4.78 is 0. The zero-order chi connectivity index (χ0) is 24.8. The minimum atomic E-state index is -1.39. The van der Waals surface area contributed by atoms with Crippen LogP contribution >= 0.6 is 0 Å². The molecule has 3 aromatic carbocycles. The molecule has 0 aromatic heterocycles. The second kappa shape index (κ2) is 7.14. The van der Waals surface area contributed by atoms with Gasteiger partial charge in [-0.1, -0.05) is 65.7 Å². The van der Waals surface area contributed by atoms with Crippen LogP contribution in [0.15, 0.2) is 66.7 Å². The zero-order valence-corrected chi connectivity index (χ0v) is 20.3. The fourth-order valence-corrected chi connectivity index (χ4v) is 7.59. The van der Waals surface area contributed by atoms with Crippen molar-refractivity contribution in [2.24, 2.45) is 5.92 Å². The van der Waals surface area contributed by atoms with Crippen LogP contribution in [0.1, 0.15) is 45.5 Å². The summed E-state index contributed by atoms with van der Waals surface area (Å²) in [6, 6.07) is 20.8. The first-order valence-corrected chi connectivity index (χ1v) is 12.6. The fourth-order valence-electron chi connectivity index (χ4n) is 7.59. The summed E-state index contributed by atoms with van der Waals surface area (Å²) >= 11 is 0. The van der Waals surface area contributed by atoms with Crippen molar-refractivity contribution in [2.75, 3.05) is 17.2 Å². The summed E-state index contributed by atoms with van der Waals surface area (Å²) in [7, 11) is 0. The first-order chi connectivity index (χ1) is 17.4. The number of anilines is 2. The second-order valence-corrected chi connectivity index (χ2v) is 10.6. The van der Waals surface area contributed by atoms with E-state index in [4.69, 9.17) is 0 Å². The van der Waals surface area contributed by atoms with Crippen molar-refractivity contribution < 1.29 is 14.4 Å². The van der Waals surface area contributed by atoms with E-state index in [1.54, 1.807) is 0 Å². The lowest BCUT2D eigenvalue weighted by Crippen LogP contribution is -2.62. The standard InChI is InChI=1S/C30H27N3O3/c1-17-9-12-19(13-10-17)26(34)25-24-8-5-15-33(24)30(21-16-18(2)11-14-23(21)32-28(30)36)29(25)20-6-3-4-7-22(20)31-27(29)35/h3-4,6-7,9-14,16,24-25H,5,8,15H2,1-2H3,(H,31,35)(H,32,36)/t24-,25-,29+,30+/m1/s1. The third kappa shape index (κ3) is 2.33. The Morgan fingerprint density at radius 3 is 2.36 bits per heavy atom. The fraction of sp³-hybridized carbons (Fsp3) is 0.300. The smallest absolute Gasteiger partial charge is 0.251 e. The lowest BCUT2D eigenvalue weighted by atomic mass is 9.57. The molecule has 180 valence electrons. The first kappa shape index (κ1) is 21.5. The van der Waals surface area contributed by atoms with Crippen LogP contribution in [-0.4, -0.2) is 35.1 Å². The molecule has 2 amide bonds. The van der Waals surface area contributed by atoms with Gasteiger partial charge in [0.05, 0.1) is 5.92 Å². The average molecular weight is 478 g/mol. The number of hydrogen-bond donors (Lipinski definition) is 2. The van der Waals surface area contributed by atoms with E-state index in [0.29, 0.717) is 17.8 Å². The van der Waals surface area contributed by atoms with E-state index in [0.717, 1.165) is 40.8 Å². The molecule has 4 heterocycles. The van der Waals surface area contributed by atoms with Gasteiger partial charge in [-0.25, -0.2) is 0 Å². The minimum Gasteiger partial charge on any atom is -0.325 e. The van der Waals surface area contributed by atoms with E-state index >= 15 is 0 Å². The van der Waals surface area contributed by atoms with Gasteiger partial charge in [-0.3, -0.25) is 19.3 Å². The number of carbonyl (C=O) groups is 3. The number of rotatable bonds is 2. The van der Waals surface area contributed by atoms with Gasteiger partial charge in [0.1, 0.15) is 11.0 Å². The lowest BCUT2D eigenvalue weighted by Gasteiger charge is -2.43. The third-order valence-corrected chi connectivity index (χ3v) is 8.87. The maximum atomic E-state index is 14.5. The molecule has 2 N–H and O–H groups in total. The van der Waals surface area contributed by atoms with Crippen LogP contribution in [-0.2, 0) is 20.5 Å². The molecule has 6 nitrogen and oxygen atoms in total. The molecule has 4 atom stereocenters. The van der Waals surface area contributed by atoms with Crippen LogP contribution in [0.3, 0.4) is 0 Å². The molecule has 0 saturated carbocycles. The van der Waals surface area contributed by atoms with E-state index in [2.05, 4.69) is 15.5 Å². The van der Waals surface area contributed by atoms with Gasteiger partial charge in [0.15, 0.2) is 5.78 Å². The van der Waals surface area contributed by atoms with Crippen LogP contribution in [0.5, 0.6) is 0 Å². The molecular formula is C30H27N3O3. The monoisotopic (exact) mass is 477 g/mol. The van der Waals surface area contributed by atoms with Crippen LogP contribution in [0.4, 0.5) is 11.4 Å². The van der Waals surface area contributed by atoms with Gasteiger partial charge in [0, 0.05) is 28.5 Å². The molecular weight excluding hydrogens is 450 g/mol. The highest BCUT2D eigenvalue weighted by Gasteiger charge is 2.81. The van der Waals surface area contributed by atoms with E-state index in [9.17, 15) is 14.4 Å². The minimum absolute atomic E-state index is 0.0791. The molecule has 2 fully saturated rings. The van der Waals surface area contributed by atoms with Crippen molar-refractivity contribution in [3.63, 3.8) is 0 Å². The number of nitrogens with one attached hydrogen (secondary N) is 2. The molecule has 7 rings (SSSR count). The van der Waals surface area contributed by atoms with Crippen molar-refractivity contribution in [1.29, 1.82) is 0 Å². The SMILES string of the molecule is Cc1ccc(C(=O)[C@H]2[C@H]3CCCN3[C@@]3(C(=O)Nc4ccc(C)cc43)[C@]23C(=O)Nc2ccccc23)cc1. The number of benzene rings is 3. The van der Waals surface area contributed by atoms with E-state index < -0.39 is 16.9 Å². The lowest BCUT2D eigenvalue weighted by molar-refractivity contribution is -0.137. The van der Waals surface area contributed by atoms with Crippen LogP contribution in [0.25, 0.3) is 0 Å². The number of carbonyl (C=O) groups excluding carboxylic acids is 3. The van der Waals surface area contributed by atoms with Crippen LogP contribution < -0.4 is 10.6 Å². The number of hydrogen-bond acceptors (Lipinski definition) is 4. The molecule has 0 unspecified atom stereocenters. The predicted octanol–water partition coefficient (Wildman–Crippen LogP) is 4.32. The van der Waals surface area contributed by atoms with Crippen LogP contribution in [0.2, 0.25) is 0 Å². The van der Waals surface area contributed by atoms with Crippen molar-refractivity contribution in [1.82, 2.24) is 4.90 Å². The summed E-state index contributed by atoms with van der Waals surface area (Å²) in [5, 5.41) is 6.19. The largest absolute Gasteiger partial charge is 0.325 e. The average Bonchev–Trinajstić information content (AvgIpc) is 3.58. The number of nitrogens with zero attached hydrogens (tertiary/aromatic N) is 1. The molecule has 3 aromatic rings. The molecule has 0 aliphatic carbocycles. The van der Waals surface area contributed by atoms with E-state index in [-0.39, 0.29) is 23.6 Å². The molecule has 2 spiro atoms. The van der Waals surface area contributed by atoms with Crippen molar-refractivity contribution in [2.45, 2.75) is 43.7 Å². The maximum absolute atomic E-state index is 14.5. The van der Waals surface area contributed by atoms with Gasteiger partial charge < -0.3 is 10.6 Å². The molecule has 4 aliphatic heterocycles. The summed E-state index contributed by atoms with van der Waals surface area (Å²) in [5.74, 6) is -1.28. The van der Waals surface area contributed by atoms with Gasteiger partial charge >= 0.3 is 0 Å². The van der Waals surface area contributed by atoms with Crippen molar-refractivity contribution in [3.8, 4) is 0 Å². The number of ketones is 1. The quantitative estimate of drug-likeness (QED) is 0.539. The number of Topliss-reactive ketones (excluding diaryl/α,β-unsaturated/α-hetero) is 1. The Kier molecular flexibility index (Phi) is 4.26. The van der Waals surface area contributed by atoms with E-state index in [1.807, 2.05) is 80.6 Å². The zero-order valence-electron chi connectivity index (χ0n) is 20.3. The number of amides is 2. The topological polar surface area (TPSA) is 78.5 Å². The Balaban J connectivity index is 1.59. The first-order valence-electron chi connectivity index (χ1n) is 12.6. The molecule has 2 saturated heterocycles. The highest BCUT2D eigenvalue weighted by Crippen LogP contribution is 2.67. The van der Waals surface area contributed by atoms with Crippen molar-refractivity contribution >= 4 is 29.0 Å². The summed E-state index contributed by atoms with van der Waals surface area (Å²) in [4.78, 5) is 45.4. The van der Waals surface area contributed by atoms with Crippen LogP contribution in [0, 0.1) is 19.8 Å². The molecule has 4 aliphatic rings. The Hall–Kier alpha value is -3.77. The maximum Gasteiger partial charge on any atom is 0.251 e. The number of fused-ring (bicyclic) bond motifs is 7. The van der Waals surface area contributed by atoms with Gasteiger partial charge in [-0.05, 0) is 50.9 Å². The predicted molar refractivity (Wildman–Crippen MR) is 137 cm³/mol. The summed E-state index contributed by atoms with van der Waals surface area (Å²) in [6.45, 7) is 4.64. The number of aryl methyl sites for hydroxylation is 2. The Morgan fingerprint density at radius 1 is 0.861 bits per heavy atom. The van der Waals surface area contributed by atoms with Gasteiger partial charge in [-0.15, -0.1) is 0 Å². The highest BCUT2D eigenvalue weighted by molar-refractivity contribution is 6.21. The molecule has 6 heteroatoms. The summed E-state index contributed by atoms with van der Waals surface area (Å²) in [6.07, 6.45) is 1.63. The van der Waals surface area contributed by atoms with Gasteiger partial charge in [0.25, 0.3) is 5.91 Å². The number of para-hydroxylation sites is 1. The molecule has 0 radical (unpaired) electrons. The van der Waals surface area contributed by atoms with Gasteiger partial charge in [-0.2, -0.15) is 0 Å². The summed E-state index contributed by atoms with van der Waals surface area (Å²) in [5.41, 5.74) is 2.89. The molecule has 0 bridgehead atoms. The van der Waals surface area contributed by atoms with E-state index in [1.165, 1.54) is 0 Å². The van der Waals surface area contributed by atoms with Crippen molar-refractivity contribution in [3.05, 3.63) is 94.5 Å². The highest BCUT2D eigenvalue weighted by atomic mass is 16.2. The Labute approximate surface area is 209 Å². The normalized spacial score (nSPS) is 29.8. The van der Waals surface area contributed by atoms with Gasteiger partial charge in [0.2, 0.25) is 5.91 Å². The third-order valence-electron chi connectivity index (χ3n) is 8.87. The Bertz CT molecular complexity index is 1480. The second-order valence-electron chi connectivity index (χ2n) is 10.6.